The lowest BCUT2D eigenvalue weighted by Crippen LogP contribution is -2.13. The highest BCUT2D eigenvalue weighted by Gasteiger charge is 2.07. The van der Waals surface area contributed by atoms with Crippen LogP contribution in [-0.2, 0) is 17.0 Å². The van der Waals surface area contributed by atoms with Crippen molar-refractivity contribution in [2.75, 3.05) is 11.1 Å². The molecule has 2 heterocycles. The Labute approximate surface area is 118 Å². The van der Waals surface area contributed by atoms with E-state index in [1.54, 1.807) is 23.1 Å². The van der Waals surface area contributed by atoms with Crippen molar-refractivity contribution in [1.29, 1.82) is 0 Å². The second-order valence-electron chi connectivity index (χ2n) is 3.47. The van der Waals surface area contributed by atoms with Crippen molar-refractivity contribution >= 4 is 45.5 Å². The maximum Gasteiger partial charge on any atom is 0.236 e. The molecule has 0 atom stereocenters. The van der Waals surface area contributed by atoms with E-state index in [2.05, 4.69) is 21.6 Å². The van der Waals surface area contributed by atoms with Crippen LogP contribution in [0.5, 0.6) is 0 Å². The van der Waals surface area contributed by atoms with Gasteiger partial charge in [-0.3, -0.25) is 10.1 Å². The van der Waals surface area contributed by atoms with Crippen LogP contribution in [0.1, 0.15) is 16.8 Å². The Balaban J connectivity index is 1.71. The number of carbonyl (C=O) groups excluding carboxylic acids is 1. The molecule has 7 heteroatoms. The van der Waals surface area contributed by atoms with Crippen LogP contribution in [0.4, 0.5) is 5.13 Å². The summed E-state index contributed by atoms with van der Waals surface area (Å²) in [7, 11) is 0. The first-order valence-corrected chi connectivity index (χ1v) is 8.35. The first kappa shape index (κ1) is 13.5. The third-order valence-corrected chi connectivity index (χ3v) is 5.10. The molecule has 1 amide bonds. The lowest BCUT2D eigenvalue weighted by atomic mass is 10.5. The Morgan fingerprint density at radius 2 is 2.39 bits per heavy atom. The fourth-order valence-corrected chi connectivity index (χ4v) is 3.61. The number of aromatic nitrogens is 2. The minimum atomic E-state index is -0.0182. The van der Waals surface area contributed by atoms with E-state index >= 15 is 0 Å². The molecule has 0 bridgehead atoms. The van der Waals surface area contributed by atoms with E-state index < -0.39 is 0 Å². The number of anilines is 1. The standard InChI is InChI=1S/C11H13N3OS3/c1-2-10-13-14-11(18-10)12-9(15)7-16-6-8-4-3-5-17-8/h3-5H,2,6-7H2,1H3,(H,12,14,15). The van der Waals surface area contributed by atoms with Gasteiger partial charge in [0.1, 0.15) is 5.01 Å². The van der Waals surface area contributed by atoms with Crippen molar-refractivity contribution in [2.24, 2.45) is 0 Å². The van der Waals surface area contributed by atoms with Crippen LogP contribution in [-0.4, -0.2) is 21.9 Å². The van der Waals surface area contributed by atoms with Crippen LogP contribution >= 0.6 is 34.4 Å². The van der Waals surface area contributed by atoms with Crippen molar-refractivity contribution < 1.29 is 4.79 Å². The molecule has 0 saturated carbocycles. The fourth-order valence-electron chi connectivity index (χ4n) is 1.24. The maximum absolute atomic E-state index is 11.6. The number of carbonyl (C=O) groups is 1. The molecule has 4 nitrogen and oxygen atoms in total. The maximum atomic E-state index is 11.6. The van der Waals surface area contributed by atoms with Crippen molar-refractivity contribution in [3.63, 3.8) is 0 Å². The highest BCUT2D eigenvalue weighted by atomic mass is 32.2. The Bertz CT molecular complexity index is 495. The van der Waals surface area contributed by atoms with Gasteiger partial charge in [0.25, 0.3) is 0 Å². The summed E-state index contributed by atoms with van der Waals surface area (Å²) in [6.45, 7) is 2.02. The second-order valence-corrected chi connectivity index (χ2v) is 6.55. The van der Waals surface area contributed by atoms with E-state index in [-0.39, 0.29) is 5.91 Å². The van der Waals surface area contributed by atoms with Gasteiger partial charge in [-0.05, 0) is 17.9 Å². The first-order valence-electron chi connectivity index (χ1n) is 5.50. The van der Waals surface area contributed by atoms with E-state index in [9.17, 15) is 4.79 Å². The van der Waals surface area contributed by atoms with E-state index in [0.717, 1.165) is 17.2 Å². The molecule has 96 valence electrons. The average molecular weight is 299 g/mol. The molecule has 1 N–H and O–H groups in total. The van der Waals surface area contributed by atoms with Crippen LogP contribution < -0.4 is 5.32 Å². The van der Waals surface area contributed by atoms with Crippen molar-refractivity contribution in [3.05, 3.63) is 27.4 Å². The molecule has 2 aromatic heterocycles. The predicted molar refractivity (Wildman–Crippen MR) is 78.4 cm³/mol. The van der Waals surface area contributed by atoms with Crippen molar-refractivity contribution in [2.45, 2.75) is 19.1 Å². The summed E-state index contributed by atoms with van der Waals surface area (Å²) in [5, 5.41) is 14.2. The third-order valence-electron chi connectivity index (χ3n) is 2.07. The number of hydrogen-bond acceptors (Lipinski definition) is 6. The number of thiophene rings is 1. The molecule has 0 aliphatic carbocycles. The number of thioether (sulfide) groups is 1. The largest absolute Gasteiger partial charge is 0.300 e. The number of rotatable bonds is 6. The molecular weight excluding hydrogens is 286 g/mol. The zero-order chi connectivity index (χ0) is 12.8. The summed E-state index contributed by atoms with van der Waals surface area (Å²) in [6.07, 6.45) is 0.848. The molecule has 0 spiro atoms. The summed E-state index contributed by atoms with van der Waals surface area (Å²) >= 11 is 4.75. The van der Waals surface area contributed by atoms with E-state index in [1.807, 2.05) is 18.4 Å². The van der Waals surface area contributed by atoms with Gasteiger partial charge in [-0.15, -0.1) is 33.3 Å². The molecule has 2 rings (SSSR count). The minimum absolute atomic E-state index is 0.0182. The van der Waals surface area contributed by atoms with Gasteiger partial charge in [0.15, 0.2) is 0 Å². The van der Waals surface area contributed by atoms with Gasteiger partial charge in [0.2, 0.25) is 11.0 Å². The molecule has 18 heavy (non-hydrogen) atoms. The first-order chi connectivity index (χ1) is 8.78. The van der Waals surface area contributed by atoms with Crippen LogP contribution in [0, 0.1) is 0 Å². The van der Waals surface area contributed by atoms with E-state index in [0.29, 0.717) is 10.9 Å². The van der Waals surface area contributed by atoms with Crippen molar-refractivity contribution in [1.82, 2.24) is 10.2 Å². The molecule has 0 radical (unpaired) electrons. The minimum Gasteiger partial charge on any atom is -0.300 e. The topological polar surface area (TPSA) is 54.9 Å². The highest BCUT2D eigenvalue weighted by Crippen LogP contribution is 2.18. The monoisotopic (exact) mass is 299 g/mol. The molecule has 0 aliphatic heterocycles. The van der Waals surface area contributed by atoms with E-state index in [4.69, 9.17) is 0 Å². The highest BCUT2D eigenvalue weighted by molar-refractivity contribution is 7.99. The number of nitrogens with zero attached hydrogens (tertiary/aromatic N) is 2. The number of aryl methyl sites for hydroxylation is 1. The predicted octanol–water partition coefficient (Wildman–Crippen LogP) is 3.03. The smallest absolute Gasteiger partial charge is 0.236 e. The molecule has 0 fully saturated rings. The van der Waals surface area contributed by atoms with Gasteiger partial charge < -0.3 is 0 Å². The normalized spacial score (nSPS) is 10.5. The SMILES string of the molecule is CCc1nnc(NC(=O)CSCc2cccs2)s1. The summed E-state index contributed by atoms with van der Waals surface area (Å²) in [5.74, 6) is 1.30. The summed E-state index contributed by atoms with van der Waals surface area (Å²) in [4.78, 5) is 12.9. The van der Waals surface area contributed by atoms with Crippen LogP contribution in [0.2, 0.25) is 0 Å². The van der Waals surface area contributed by atoms with Gasteiger partial charge in [0, 0.05) is 10.6 Å². The summed E-state index contributed by atoms with van der Waals surface area (Å²) in [6, 6.07) is 4.10. The quantitative estimate of drug-likeness (QED) is 0.891. The Hall–Kier alpha value is -0.920. The Morgan fingerprint density at radius 1 is 1.50 bits per heavy atom. The zero-order valence-electron chi connectivity index (χ0n) is 9.88. The second kappa shape index (κ2) is 6.86. The lowest BCUT2D eigenvalue weighted by molar-refractivity contribution is -0.113. The van der Waals surface area contributed by atoms with E-state index in [1.165, 1.54) is 16.2 Å². The number of nitrogens with one attached hydrogen (secondary N) is 1. The molecule has 0 unspecified atom stereocenters. The lowest BCUT2D eigenvalue weighted by Gasteiger charge is -2.00. The number of hydrogen-bond donors (Lipinski definition) is 1. The summed E-state index contributed by atoms with van der Waals surface area (Å²) in [5.41, 5.74) is 0. The molecule has 2 aromatic rings. The average Bonchev–Trinajstić information content (AvgIpc) is 3.00. The van der Waals surface area contributed by atoms with Crippen LogP contribution in [0.25, 0.3) is 0 Å². The Morgan fingerprint density at radius 3 is 3.06 bits per heavy atom. The van der Waals surface area contributed by atoms with Gasteiger partial charge in [-0.1, -0.05) is 24.3 Å². The molecular formula is C11H13N3OS3. The number of amides is 1. The van der Waals surface area contributed by atoms with Crippen LogP contribution in [0.3, 0.4) is 0 Å². The molecule has 0 aromatic carbocycles. The molecule has 0 saturated heterocycles. The van der Waals surface area contributed by atoms with Crippen molar-refractivity contribution in [3.8, 4) is 0 Å². The summed E-state index contributed by atoms with van der Waals surface area (Å²) < 4.78 is 0. The molecule has 0 aliphatic rings. The van der Waals surface area contributed by atoms with Gasteiger partial charge in [0.05, 0.1) is 5.75 Å². The fraction of sp³-hybridized carbons (Fsp3) is 0.364. The van der Waals surface area contributed by atoms with Crippen LogP contribution in [0.15, 0.2) is 17.5 Å². The zero-order valence-corrected chi connectivity index (χ0v) is 12.3. The third kappa shape index (κ3) is 4.08. The van der Waals surface area contributed by atoms with Gasteiger partial charge >= 0.3 is 0 Å². The Kier molecular flexibility index (Phi) is 5.15. The van der Waals surface area contributed by atoms with Gasteiger partial charge in [-0.25, -0.2) is 0 Å². The van der Waals surface area contributed by atoms with Gasteiger partial charge in [-0.2, -0.15) is 0 Å².